The summed E-state index contributed by atoms with van der Waals surface area (Å²) in [4.78, 5) is 37.1. The van der Waals surface area contributed by atoms with Gasteiger partial charge in [-0.25, -0.2) is 0 Å². The largest absolute Gasteiger partial charge is 0.370 e. The minimum atomic E-state index is -0.783. The van der Waals surface area contributed by atoms with Crippen molar-refractivity contribution in [2.75, 3.05) is 6.54 Å². The van der Waals surface area contributed by atoms with Gasteiger partial charge in [0.05, 0.1) is 22.5 Å². The van der Waals surface area contributed by atoms with Crippen LogP contribution in [0.1, 0.15) is 33.6 Å². The van der Waals surface area contributed by atoms with E-state index in [0.717, 1.165) is 29.7 Å². The normalized spacial score (nSPS) is 10.4. The highest BCUT2D eigenvalue weighted by Crippen LogP contribution is 2.31. The summed E-state index contributed by atoms with van der Waals surface area (Å²) < 4.78 is 0. The number of benzene rings is 1. The Bertz CT molecular complexity index is 602. The Balaban J connectivity index is 2.96. The van der Waals surface area contributed by atoms with E-state index in [1.807, 2.05) is 13.8 Å². The van der Waals surface area contributed by atoms with Gasteiger partial charge in [0.25, 0.3) is 11.6 Å². The summed E-state index contributed by atoms with van der Waals surface area (Å²) in [5.74, 6) is -0.153. The number of hydrogen-bond donors (Lipinski definition) is 0. The van der Waals surface area contributed by atoms with Crippen LogP contribution in [0.3, 0.4) is 0 Å². The summed E-state index contributed by atoms with van der Waals surface area (Å²) in [6.07, 6.45) is 1.55. The fraction of sp³-hybridized carbons (Fsp3) is 0.500. The molecule has 9 nitrogen and oxygen atoms in total. The molecule has 1 aromatic carbocycles. The van der Waals surface area contributed by atoms with E-state index in [1.165, 1.54) is 6.92 Å². The second-order valence-electron chi connectivity index (χ2n) is 5.41. The second-order valence-corrected chi connectivity index (χ2v) is 5.41. The van der Waals surface area contributed by atoms with Gasteiger partial charge in [-0.15, -0.1) is 0 Å². The van der Waals surface area contributed by atoms with E-state index in [-0.39, 0.29) is 12.3 Å². The Morgan fingerprint density at radius 1 is 1.26 bits per heavy atom. The Labute approximate surface area is 133 Å². The van der Waals surface area contributed by atoms with Crippen LogP contribution in [0.5, 0.6) is 5.75 Å². The topological polar surface area (TPSA) is 116 Å². The van der Waals surface area contributed by atoms with Crippen LogP contribution in [0.2, 0.25) is 0 Å². The van der Waals surface area contributed by atoms with Crippen molar-refractivity contribution in [3.8, 4) is 5.75 Å². The third-order valence-electron chi connectivity index (χ3n) is 3.05. The predicted molar refractivity (Wildman–Crippen MR) is 81.8 cm³/mol. The molecule has 0 spiro atoms. The van der Waals surface area contributed by atoms with Gasteiger partial charge in [0.2, 0.25) is 5.75 Å². The van der Waals surface area contributed by atoms with Gasteiger partial charge in [0, 0.05) is 13.0 Å². The number of carbonyl (C=O) groups is 1. The first-order chi connectivity index (χ1) is 10.7. The average molecular weight is 325 g/mol. The number of non-ortho nitro benzene ring substituents is 1. The van der Waals surface area contributed by atoms with Crippen LogP contribution < -0.4 is 4.84 Å². The molecule has 0 saturated carbocycles. The number of amides is 1. The highest BCUT2D eigenvalue weighted by atomic mass is 16.7. The summed E-state index contributed by atoms with van der Waals surface area (Å²) >= 11 is 0. The molecular weight excluding hydrogens is 306 g/mol. The first kappa shape index (κ1) is 18.3. The molecule has 0 aliphatic heterocycles. The van der Waals surface area contributed by atoms with Crippen molar-refractivity contribution < 1.29 is 19.5 Å². The zero-order valence-electron chi connectivity index (χ0n) is 13.2. The lowest BCUT2D eigenvalue weighted by atomic mass is 10.1. The van der Waals surface area contributed by atoms with Gasteiger partial charge in [-0.05, 0) is 24.8 Å². The van der Waals surface area contributed by atoms with Crippen LogP contribution in [0.15, 0.2) is 18.2 Å². The quantitative estimate of drug-likeness (QED) is 0.535. The van der Waals surface area contributed by atoms with Crippen LogP contribution in [0.25, 0.3) is 0 Å². The third kappa shape index (κ3) is 5.53. The standard InChI is InChI=1S/C14H19N3O6/c1-10(2)5-4-8-15(11(3)18)23-14-7-6-12(16(19)20)9-13(14)17(21)22/h6-7,9-10H,4-5,8H2,1-3H3. The van der Waals surface area contributed by atoms with Crippen molar-refractivity contribution in [3.05, 3.63) is 38.4 Å². The molecule has 126 valence electrons. The van der Waals surface area contributed by atoms with E-state index in [0.29, 0.717) is 12.3 Å². The van der Waals surface area contributed by atoms with Crippen molar-refractivity contribution in [3.63, 3.8) is 0 Å². The van der Waals surface area contributed by atoms with Crippen molar-refractivity contribution in [1.29, 1.82) is 0 Å². The van der Waals surface area contributed by atoms with Crippen LogP contribution >= 0.6 is 0 Å². The number of rotatable bonds is 8. The smallest absolute Gasteiger partial charge is 0.321 e. The number of nitro benzene ring substituents is 2. The average Bonchev–Trinajstić information content (AvgIpc) is 2.45. The Hall–Kier alpha value is -2.71. The van der Waals surface area contributed by atoms with Gasteiger partial charge < -0.3 is 4.84 Å². The summed E-state index contributed by atoms with van der Waals surface area (Å²) in [5, 5.41) is 22.8. The first-order valence-electron chi connectivity index (χ1n) is 7.11. The maximum atomic E-state index is 11.6. The van der Waals surface area contributed by atoms with E-state index in [1.54, 1.807) is 0 Å². The fourth-order valence-electron chi connectivity index (χ4n) is 1.87. The lowest BCUT2D eigenvalue weighted by molar-refractivity contribution is -0.395. The van der Waals surface area contributed by atoms with Crippen LogP contribution in [-0.4, -0.2) is 27.4 Å². The number of carbonyl (C=O) groups excluding carboxylic acids is 1. The van der Waals surface area contributed by atoms with Gasteiger partial charge in [-0.1, -0.05) is 13.8 Å². The summed E-state index contributed by atoms with van der Waals surface area (Å²) in [7, 11) is 0. The zero-order chi connectivity index (χ0) is 17.6. The van der Waals surface area contributed by atoms with E-state index < -0.39 is 27.1 Å². The molecule has 0 aliphatic rings. The lowest BCUT2D eigenvalue weighted by Gasteiger charge is -2.21. The van der Waals surface area contributed by atoms with Gasteiger partial charge >= 0.3 is 5.69 Å². The highest BCUT2D eigenvalue weighted by Gasteiger charge is 2.23. The van der Waals surface area contributed by atoms with Crippen LogP contribution in [0, 0.1) is 26.1 Å². The SMILES string of the molecule is CC(=O)N(CCCC(C)C)Oc1ccc([N+](=O)[O-])cc1[N+](=O)[O-]. The van der Waals surface area contributed by atoms with E-state index >= 15 is 0 Å². The van der Waals surface area contributed by atoms with Gasteiger partial charge in [-0.2, -0.15) is 5.06 Å². The molecule has 0 aliphatic carbocycles. The van der Waals surface area contributed by atoms with Crippen LogP contribution in [-0.2, 0) is 4.79 Å². The summed E-state index contributed by atoms with van der Waals surface area (Å²) in [6.45, 7) is 5.65. The van der Waals surface area contributed by atoms with Crippen LogP contribution in [0.4, 0.5) is 11.4 Å². The zero-order valence-corrected chi connectivity index (χ0v) is 13.2. The fourth-order valence-corrected chi connectivity index (χ4v) is 1.87. The molecule has 0 fully saturated rings. The monoisotopic (exact) mass is 325 g/mol. The minimum Gasteiger partial charge on any atom is -0.370 e. The van der Waals surface area contributed by atoms with E-state index in [2.05, 4.69) is 0 Å². The molecule has 1 amide bonds. The molecule has 0 N–H and O–H groups in total. The Kier molecular flexibility index (Phi) is 6.43. The summed E-state index contributed by atoms with van der Waals surface area (Å²) in [5.41, 5.74) is -0.979. The first-order valence-corrected chi connectivity index (χ1v) is 7.11. The third-order valence-corrected chi connectivity index (χ3v) is 3.05. The second kappa shape index (κ2) is 8.06. The molecule has 9 heteroatoms. The number of nitrogens with zero attached hydrogens (tertiary/aromatic N) is 3. The maximum absolute atomic E-state index is 11.6. The molecule has 0 atom stereocenters. The van der Waals surface area contributed by atoms with E-state index in [4.69, 9.17) is 4.84 Å². The molecule has 1 aromatic rings. The lowest BCUT2D eigenvalue weighted by Crippen LogP contribution is -2.33. The van der Waals surface area contributed by atoms with Crippen molar-refractivity contribution >= 4 is 17.3 Å². The number of hydrogen-bond acceptors (Lipinski definition) is 6. The molecule has 1 rings (SSSR count). The van der Waals surface area contributed by atoms with E-state index in [9.17, 15) is 25.0 Å². The molecule has 0 saturated heterocycles. The van der Waals surface area contributed by atoms with Crippen molar-refractivity contribution in [2.45, 2.75) is 33.6 Å². The molecule has 0 bridgehead atoms. The highest BCUT2D eigenvalue weighted by molar-refractivity contribution is 5.72. The number of nitro groups is 2. The summed E-state index contributed by atoms with van der Waals surface area (Å²) in [6, 6.07) is 3.02. The Morgan fingerprint density at radius 2 is 1.91 bits per heavy atom. The van der Waals surface area contributed by atoms with Gasteiger partial charge in [0.1, 0.15) is 0 Å². The number of hydroxylamine groups is 2. The van der Waals surface area contributed by atoms with Crippen molar-refractivity contribution in [1.82, 2.24) is 5.06 Å². The molecule has 23 heavy (non-hydrogen) atoms. The molecular formula is C14H19N3O6. The van der Waals surface area contributed by atoms with Crippen molar-refractivity contribution in [2.24, 2.45) is 5.92 Å². The molecule has 0 radical (unpaired) electrons. The molecule has 0 aromatic heterocycles. The minimum absolute atomic E-state index is 0.208. The maximum Gasteiger partial charge on any atom is 0.321 e. The molecule has 0 unspecified atom stereocenters. The van der Waals surface area contributed by atoms with Gasteiger partial charge in [0.15, 0.2) is 0 Å². The Morgan fingerprint density at radius 3 is 2.39 bits per heavy atom. The van der Waals surface area contributed by atoms with Gasteiger partial charge in [-0.3, -0.25) is 25.0 Å². The predicted octanol–water partition coefficient (Wildman–Crippen LogP) is 3.08. The molecule has 0 heterocycles.